The highest BCUT2D eigenvalue weighted by Crippen LogP contribution is 2.42. The van der Waals surface area contributed by atoms with Gasteiger partial charge in [0.05, 0.1) is 48.0 Å². The van der Waals surface area contributed by atoms with Crippen LogP contribution in [0.1, 0.15) is 16.8 Å². The third kappa shape index (κ3) is 5.02. The third-order valence-electron chi connectivity index (χ3n) is 7.39. The fourth-order valence-corrected chi connectivity index (χ4v) is 5.97. The van der Waals surface area contributed by atoms with Crippen LogP contribution in [-0.4, -0.2) is 64.9 Å². The van der Waals surface area contributed by atoms with Crippen molar-refractivity contribution in [2.45, 2.75) is 25.6 Å². The summed E-state index contributed by atoms with van der Waals surface area (Å²) in [5, 5.41) is 14.1. The van der Waals surface area contributed by atoms with E-state index < -0.39 is 0 Å². The van der Waals surface area contributed by atoms with Crippen molar-refractivity contribution in [1.29, 1.82) is 0 Å². The van der Waals surface area contributed by atoms with Crippen LogP contribution >= 0.6 is 23.2 Å². The molecule has 4 heterocycles. The maximum atomic E-state index is 9.59. The molecule has 40 heavy (non-hydrogen) atoms. The maximum absolute atomic E-state index is 9.59. The Morgan fingerprint density at radius 3 is 2.20 bits per heavy atom. The summed E-state index contributed by atoms with van der Waals surface area (Å²) in [5.74, 6) is 1.07. The van der Waals surface area contributed by atoms with Gasteiger partial charge in [-0.15, -0.1) is 0 Å². The predicted octanol–water partition coefficient (Wildman–Crippen LogP) is 5.02. The normalized spacial score (nSPS) is 15.4. The summed E-state index contributed by atoms with van der Waals surface area (Å²) in [4.78, 5) is 16.2. The molecule has 4 aromatic rings. The minimum absolute atomic E-state index is 0.285. The van der Waals surface area contributed by atoms with Crippen molar-refractivity contribution in [3.63, 3.8) is 0 Å². The Morgan fingerprint density at radius 1 is 0.925 bits per heavy atom. The third-order valence-corrected chi connectivity index (χ3v) is 8.21. The van der Waals surface area contributed by atoms with E-state index in [9.17, 15) is 5.11 Å². The number of halogens is 2. The first kappa shape index (κ1) is 26.9. The molecular weight excluding hydrogens is 549 g/mol. The lowest BCUT2D eigenvalue weighted by atomic mass is 9.96. The van der Waals surface area contributed by atoms with Crippen molar-refractivity contribution >= 4 is 23.2 Å². The number of aliphatic hydroxyl groups excluding tert-OH is 1. The molecule has 0 amide bonds. The smallest absolute Gasteiger partial charge is 0.237 e. The Labute approximate surface area is 242 Å². The lowest BCUT2D eigenvalue weighted by molar-refractivity contribution is -0.00402. The monoisotopic (exact) mass is 577 g/mol. The van der Waals surface area contributed by atoms with Crippen LogP contribution < -0.4 is 14.8 Å². The molecular formula is C30H29Cl2N5O3. The number of aliphatic hydroxyl groups is 1. The molecule has 0 radical (unpaired) electrons. The van der Waals surface area contributed by atoms with Crippen LogP contribution in [0.15, 0.2) is 48.7 Å². The minimum Gasteiger partial charge on any atom is -0.481 e. The first-order valence-electron chi connectivity index (χ1n) is 13.1. The summed E-state index contributed by atoms with van der Waals surface area (Å²) in [6, 6.07) is 13.7. The summed E-state index contributed by atoms with van der Waals surface area (Å²) in [7, 11) is 3.23. The molecule has 0 atom stereocenters. The van der Waals surface area contributed by atoms with Gasteiger partial charge in [0.25, 0.3) is 0 Å². The van der Waals surface area contributed by atoms with E-state index in [2.05, 4.69) is 21.3 Å². The summed E-state index contributed by atoms with van der Waals surface area (Å²) in [6.45, 7) is 3.45. The van der Waals surface area contributed by atoms with Gasteiger partial charge in [-0.1, -0.05) is 59.6 Å². The summed E-state index contributed by atoms with van der Waals surface area (Å²) in [6.07, 6.45) is 2.29. The average molecular weight is 579 g/mol. The molecule has 0 spiro atoms. The molecule has 10 heteroatoms. The number of likely N-dealkylation sites (tertiary alicyclic amines) is 1. The van der Waals surface area contributed by atoms with Gasteiger partial charge >= 0.3 is 0 Å². The number of hydrogen-bond donors (Lipinski definition) is 2. The zero-order chi connectivity index (χ0) is 27.8. The number of benzene rings is 2. The van der Waals surface area contributed by atoms with Crippen molar-refractivity contribution < 1.29 is 14.6 Å². The number of fused-ring (bicyclic) bond motifs is 1. The molecule has 0 unspecified atom stereocenters. The standard InChI is InChI=1S/C30H29Cl2N5O3/c1-39-29-19-9-10-33-12-17(19)11-24(35-29)22-7-3-5-20(27(22)31)21-6-4-8-23(28(21)32)25-13-34-26(30(36-25)40-2)16-37-14-18(38)15-37/h3-8,11,13,18,33,38H,9-10,12,14-16H2,1-2H3. The van der Waals surface area contributed by atoms with Crippen molar-refractivity contribution in [2.24, 2.45) is 0 Å². The van der Waals surface area contributed by atoms with Gasteiger partial charge in [0.1, 0.15) is 5.69 Å². The van der Waals surface area contributed by atoms with Crippen LogP contribution in [0.2, 0.25) is 10.0 Å². The molecule has 2 aromatic carbocycles. The van der Waals surface area contributed by atoms with E-state index in [1.807, 2.05) is 36.4 Å². The molecule has 206 valence electrons. The number of aromatic nitrogens is 3. The summed E-state index contributed by atoms with van der Waals surface area (Å²) < 4.78 is 11.2. The highest BCUT2D eigenvalue weighted by molar-refractivity contribution is 6.39. The van der Waals surface area contributed by atoms with E-state index in [-0.39, 0.29) is 6.10 Å². The van der Waals surface area contributed by atoms with Crippen LogP contribution in [0.5, 0.6) is 11.8 Å². The lowest BCUT2D eigenvalue weighted by Crippen LogP contribution is -2.50. The molecule has 2 N–H and O–H groups in total. The lowest BCUT2D eigenvalue weighted by Gasteiger charge is -2.35. The average Bonchev–Trinajstić information content (AvgIpc) is 2.96. The fraction of sp³-hybridized carbons (Fsp3) is 0.300. The molecule has 2 aromatic heterocycles. The first-order chi connectivity index (χ1) is 19.5. The topological polar surface area (TPSA) is 92.6 Å². The van der Waals surface area contributed by atoms with Crippen LogP contribution in [0, 0.1) is 0 Å². The second kappa shape index (κ2) is 11.3. The van der Waals surface area contributed by atoms with Crippen LogP contribution in [0.25, 0.3) is 33.6 Å². The minimum atomic E-state index is -0.285. The van der Waals surface area contributed by atoms with E-state index in [0.29, 0.717) is 52.8 Å². The zero-order valence-electron chi connectivity index (χ0n) is 22.2. The summed E-state index contributed by atoms with van der Waals surface area (Å²) in [5.41, 5.74) is 7.44. The van der Waals surface area contributed by atoms with E-state index in [4.69, 9.17) is 42.6 Å². The second-order valence-electron chi connectivity index (χ2n) is 9.97. The van der Waals surface area contributed by atoms with Gasteiger partial charge in [-0.25, -0.2) is 9.97 Å². The van der Waals surface area contributed by atoms with Gasteiger partial charge in [-0.05, 0) is 24.6 Å². The maximum Gasteiger partial charge on any atom is 0.237 e. The van der Waals surface area contributed by atoms with Gasteiger partial charge in [-0.2, -0.15) is 0 Å². The molecule has 2 aliphatic heterocycles. The summed E-state index contributed by atoms with van der Waals surface area (Å²) >= 11 is 14.1. The van der Waals surface area contributed by atoms with Gasteiger partial charge in [-0.3, -0.25) is 9.88 Å². The zero-order valence-corrected chi connectivity index (χ0v) is 23.8. The Balaban J connectivity index is 1.37. The van der Waals surface area contributed by atoms with Crippen molar-refractivity contribution in [3.05, 3.63) is 75.5 Å². The molecule has 6 rings (SSSR count). The van der Waals surface area contributed by atoms with Gasteiger partial charge in [0.15, 0.2) is 0 Å². The Kier molecular flexibility index (Phi) is 7.61. The van der Waals surface area contributed by atoms with Gasteiger partial charge in [0, 0.05) is 54.0 Å². The number of β-amino-alcohol motifs (C(OH)–C–C–N with tert-alkyl or cyclic N) is 1. The van der Waals surface area contributed by atoms with E-state index in [0.717, 1.165) is 58.6 Å². The highest BCUT2D eigenvalue weighted by atomic mass is 35.5. The number of rotatable bonds is 7. The van der Waals surface area contributed by atoms with Gasteiger partial charge in [0.2, 0.25) is 11.8 Å². The van der Waals surface area contributed by atoms with Crippen LogP contribution in [0.4, 0.5) is 0 Å². The SMILES string of the molecule is COc1nc(-c2cccc(-c3cccc(-c4cc5c(c(OC)n4)CCNC5)c3Cl)c2Cl)cnc1CN1CC(O)C1. The number of nitrogens with one attached hydrogen (secondary N) is 1. The van der Waals surface area contributed by atoms with Gasteiger partial charge < -0.3 is 19.9 Å². The number of nitrogens with zero attached hydrogens (tertiary/aromatic N) is 4. The Hall–Kier alpha value is -3.27. The highest BCUT2D eigenvalue weighted by Gasteiger charge is 2.26. The van der Waals surface area contributed by atoms with Crippen molar-refractivity contribution in [2.75, 3.05) is 33.9 Å². The van der Waals surface area contributed by atoms with E-state index >= 15 is 0 Å². The second-order valence-corrected chi connectivity index (χ2v) is 10.7. The molecule has 0 saturated carbocycles. The first-order valence-corrected chi connectivity index (χ1v) is 13.9. The molecule has 0 aliphatic carbocycles. The quantitative estimate of drug-likeness (QED) is 0.316. The Morgan fingerprint density at radius 2 is 1.55 bits per heavy atom. The van der Waals surface area contributed by atoms with Crippen molar-refractivity contribution in [1.82, 2.24) is 25.2 Å². The fourth-order valence-electron chi connectivity index (χ4n) is 5.33. The largest absolute Gasteiger partial charge is 0.481 e. The Bertz CT molecular complexity index is 1560. The predicted molar refractivity (Wildman–Crippen MR) is 156 cm³/mol. The number of hydrogen-bond acceptors (Lipinski definition) is 8. The van der Waals surface area contributed by atoms with E-state index in [1.165, 1.54) is 0 Å². The molecule has 0 bridgehead atoms. The van der Waals surface area contributed by atoms with E-state index in [1.54, 1.807) is 20.4 Å². The van der Waals surface area contributed by atoms with Crippen LogP contribution in [0.3, 0.4) is 0 Å². The number of pyridine rings is 1. The molecule has 2 aliphatic rings. The van der Waals surface area contributed by atoms with Crippen LogP contribution in [-0.2, 0) is 19.5 Å². The molecule has 8 nitrogen and oxygen atoms in total. The van der Waals surface area contributed by atoms with Crippen molar-refractivity contribution in [3.8, 4) is 45.4 Å². The molecule has 1 saturated heterocycles. The number of methoxy groups -OCH3 is 2. The number of ether oxygens (including phenoxy) is 2. The molecule has 1 fully saturated rings.